The zero-order valence-corrected chi connectivity index (χ0v) is 9.56. The van der Waals surface area contributed by atoms with Gasteiger partial charge in [0.1, 0.15) is 4.88 Å². The Bertz CT molecular complexity index is 344. The molecule has 15 heavy (non-hydrogen) atoms. The van der Waals surface area contributed by atoms with Crippen LogP contribution in [-0.4, -0.2) is 30.0 Å². The number of amides is 1. The summed E-state index contributed by atoms with van der Waals surface area (Å²) in [5.41, 5.74) is 2.53. The van der Waals surface area contributed by atoms with Crippen molar-refractivity contribution in [3.63, 3.8) is 0 Å². The van der Waals surface area contributed by atoms with Gasteiger partial charge in [-0.15, -0.1) is 11.3 Å². The first-order chi connectivity index (χ1) is 7.27. The molecule has 1 aliphatic heterocycles. The number of nitrogens with one attached hydrogen (secondary N) is 2. The lowest BCUT2D eigenvalue weighted by atomic mass is 10.1. The molecule has 1 saturated heterocycles. The lowest BCUT2D eigenvalue weighted by Gasteiger charge is -2.23. The van der Waals surface area contributed by atoms with Gasteiger partial charge in [-0.05, 0) is 26.3 Å². The van der Waals surface area contributed by atoms with Crippen molar-refractivity contribution in [2.24, 2.45) is 0 Å². The molecule has 2 N–H and O–H groups in total. The Hall–Kier alpha value is -0.940. The van der Waals surface area contributed by atoms with Crippen LogP contribution in [0.3, 0.4) is 0 Å². The molecule has 0 aromatic carbocycles. The fourth-order valence-electron chi connectivity index (χ4n) is 1.75. The van der Waals surface area contributed by atoms with Gasteiger partial charge in [0.2, 0.25) is 0 Å². The first kappa shape index (κ1) is 10.6. The van der Waals surface area contributed by atoms with Gasteiger partial charge >= 0.3 is 0 Å². The molecule has 1 amide bonds. The normalized spacial score (nSPS) is 21.3. The molecule has 2 rings (SSSR count). The molecule has 1 fully saturated rings. The number of carbonyl (C=O) groups excluding carboxylic acids is 1. The van der Waals surface area contributed by atoms with E-state index in [9.17, 15) is 4.79 Å². The molecule has 5 heteroatoms. The minimum atomic E-state index is 0.0173. The SMILES string of the molecule is Cc1ncsc1C(=O)NC1CCCNC1. The second kappa shape index (κ2) is 4.72. The van der Waals surface area contributed by atoms with Gasteiger partial charge in [0.15, 0.2) is 0 Å². The Morgan fingerprint density at radius 3 is 3.20 bits per heavy atom. The van der Waals surface area contributed by atoms with Crippen molar-refractivity contribution in [1.29, 1.82) is 0 Å². The van der Waals surface area contributed by atoms with Gasteiger partial charge in [0.25, 0.3) is 5.91 Å². The van der Waals surface area contributed by atoms with Crippen LogP contribution in [0.4, 0.5) is 0 Å². The zero-order chi connectivity index (χ0) is 10.7. The van der Waals surface area contributed by atoms with Gasteiger partial charge in [0, 0.05) is 12.6 Å². The Morgan fingerprint density at radius 1 is 1.73 bits per heavy atom. The fourth-order valence-corrected chi connectivity index (χ4v) is 2.45. The summed E-state index contributed by atoms with van der Waals surface area (Å²) in [5, 5.41) is 6.30. The molecule has 1 aromatic rings. The van der Waals surface area contributed by atoms with Gasteiger partial charge in [-0.3, -0.25) is 4.79 Å². The topological polar surface area (TPSA) is 54.0 Å². The number of hydrogen-bond donors (Lipinski definition) is 2. The smallest absolute Gasteiger partial charge is 0.263 e. The van der Waals surface area contributed by atoms with E-state index >= 15 is 0 Å². The summed E-state index contributed by atoms with van der Waals surface area (Å²) < 4.78 is 0. The van der Waals surface area contributed by atoms with Gasteiger partial charge in [-0.2, -0.15) is 0 Å². The zero-order valence-electron chi connectivity index (χ0n) is 8.75. The Kier molecular flexibility index (Phi) is 3.33. The summed E-state index contributed by atoms with van der Waals surface area (Å²) in [6.45, 7) is 3.81. The highest BCUT2D eigenvalue weighted by Gasteiger charge is 2.18. The highest BCUT2D eigenvalue weighted by Crippen LogP contribution is 2.12. The van der Waals surface area contributed by atoms with E-state index in [1.807, 2.05) is 6.92 Å². The van der Waals surface area contributed by atoms with E-state index in [1.165, 1.54) is 11.3 Å². The molecule has 0 spiro atoms. The molecule has 1 unspecified atom stereocenters. The van der Waals surface area contributed by atoms with Gasteiger partial charge in [-0.1, -0.05) is 0 Å². The number of piperidine rings is 1. The molecule has 0 radical (unpaired) electrons. The highest BCUT2D eigenvalue weighted by atomic mass is 32.1. The predicted octanol–water partition coefficient (Wildman–Crippen LogP) is 0.933. The molecule has 1 aliphatic rings. The van der Waals surface area contributed by atoms with Crippen molar-refractivity contribution in [1.82, 2.24) is 15.6 Å². The van der Waals surface area contributed by atoms with Crippen molar-refractivity contribution >= 4 is 17.2 Å². The lowest BCUT2D eigenvalue weighted by Crippen LogP contribution is -2.45. The first-order valence-corrected chi connectivity index (χ1v) is 6.07. The van der Waals surface area contributed by atoms with E-state index in [0.717, 1.165) is 36.5 Å². The van der Waals surface area contributed by atoms with Crippen LogP contribution in [-0.2, 0) is 0 Å². The first-order valence-electron chi connectivity index (χ1n) is 5.19. The second-order valence-electron chi connectivity index (χ2n) is 3.78. The third-order valence-electron chi connectivity index (χ3n) is 2.58. The monoisotopic (exact) mass is 225 g/mol. The second-order valence-corrected chi connectivity index (χ2v) is 4.64. The summed E-state index contributed by atoms with van der Waals surface area (Å²) in [7, 11) is 0. The largest absolute Gasteiger partial charge is 0.347 e. The molecule has 1 aromatic heterocycles. The van der Waals surface area contributed by atoms with E-state index in [1.54, 1.807) is 5.51 Å². The molecular formula is C10H15N3OS. The lowest BCUT2D eigenvalue weighted by molar-refractivity contribution is 0.0934. The Balaban J connectivity index is 1.94. The van der Waals surface area contributed by atoms with Crippen LogP contribution >= 0.6 is 11.3 Å². The molecular weight excluding hydrogens is 210 g/mol. The van der Waals surface area contributed by atoms with Crippen molar-refractivity contribution in [3.8, 4) is 0 Å². The van der Waals surface area contributed by atoms with Crippen molar-refractivity contribution in [3.05, 3.63) is 16.1 Å². The van der Waals surface area contributed by atoms with Crippen LogP contribution in [0.15, 0.2) is 5.51 Å². The quantitative estimate of drug-likeness (QED) is 0.787. The van der Waals surface area contributed by atoms with E-state index in [4.69, 9.17) is 0 Å². The summed E-state index contributed by atoms with van der Waals surface area (Å²) in [6, 6.07) is 0.271. The molecule has 1 atom stereocenters. The molecule has 0 aliphatic carbocycles. The number of carbonyl (C=O) groups is 1. The minimum absolute atomic E-state index is 0.0173. The van der Waals surface area contributed by atoms with Gasteiger partial charge in [0.05, 0.1) is 11.2 Å². The molecule has 0 bridgehead atoms. The summed E-state index contributed by atoms with van der Waals surface area (Å²) in [5.74, 6) is 0.0173. The van der Waals surface area contributed by atoms with E-state index < -0.39 is 0 Å². The number of aryl methyl sites for hydroxylation is 1. The third-order valence-corrected chi connectivity index (χ3v) is 3.51. The predicted molar refractivity (Wildman–Crippen MR) is 60.2 cm³/mol. The molecule has 4 nitrogen and oxygen atoms in total. The van der Waals surface area contributed by atoms with Gasteiger partial charge in [-0.25, -0.2) is 4.98 Å². The van der Waals surface area contributed by atoms with Crippen molar-refractivity contribution in [2.75, 3.05) is 13.1 Å². The molecule has 82 valence electrons. The minimum Gasteiger partial charge on any atom is -0.347 e. The maximum atomic E-state index is 11.8. The standard InChI is InChI=1S/C10H15N3OS/c1-7-9(15-6-12-7)10(14)13-8-3-2-4-11-5-8/h6,8,11H,2-5H2,1H3,(H,13,14). The van der Waals surface area contributed by atoms with E-state index in [2.05, 4.69) is 15.6 Å². The van der Waals surface area contributed by atoms with Crippen LogP contribution in [0.25, 0.3) is 0 Å². The third kappa shape index (κ3) is 2.54. The van der Waals surface area contributed by atoms with Crippen LogP contribution in [0.5, 0.6) is 0 Å². The van der Waals surface area contributed by atoms with E-state index in [-0.39, 0.29) is 11.9 Å². The fraction of sp³-hybridized carbons (Fsp3) is 0.600. The summed E-state index contributed by atoms with van der Waals surface area (Å²) in [4.78, 5) is 16.6. The number of thiazole rings is 1. The number of hydrogen-bond acceptors (Lipinski definition) is 4. The van der Waals surface area contributed by atoms with Crippen LogP contribution < -0.4 is 10.6 Å². The number of rotatable bonds is 2. The van der Waals surface area contributed by atoms with Crippen molar-refractivity contribution < 1.29 is 4.79 Å². The average Bonchev–Trinajstić information content (AvgIpc) is 2.66. The maximum Gasteiger partial charge on any atom is 0.263 e. The number of nitrogens with zero attached hydrogens (tertiary/aromatic N) is 1. The van der Waals surface area contributed by atoms with Crippen LogP contribution in [0, 0.1) is 6.92 Å². The average molecular weight is 225 g/mol. The van der Waals surface area contributed by atoms with Crippen molar-refractivity contribution in [2.45, 2.75) is 25.8 Å². The van der Waals surface area contributed by atoms with Gasteiger partial charge < -0.3 is 10.6 Å². The number of aromatic nitrogens is 1. The van der Waals surface area contributed by atoms with E-state index in [0.29, 0.717) is 0 Å². The summed E-state index contributed by atoms with van der Waals surface area (Å²) in [6.07, 6.45) is 2.20. The Morgan fingerprint density at radius 2 is 2.60 bits per heavy atom. The highest BCUT2D eigenvalue weighted by molar-refractivity contribution is 7.11. The molecule has 2 heterocycles. The Labute approximate surface area is 93.1 Å². The maximum absolute atomic E-state index is 11.8. The summed E-state index contributed by atoms with van der Waals surface area (Å²) >= 11 is 1.40. The molecule has 0 saturated carbocycles. The van der Waals surface area contributed by atoms with Crippen LogP contribution in [0.2, 0.25) is 0 Å². The van der Waals surface area contributed by atoms with Crippen LogP contribution in [0.1, 0.15) is 28.2 Å².